The fourth-order valence-corrected chi connectivity index (χ4v) is 4.55. The van der Waals surface area contributed by atoms with Crippen LogP contribution in [0.3, 0.4) is 0 Å². The van der Waals surface area contributed by atoms with Crippen molar-refractivity contribution in [3.63, 3.8) is 0 Å². The number of halogens is 2. The second kappa shape index (κ2) is 6.10. The first-order valence-corrected chi connectivity index (χ1v) is 8.30. The molecule has 1 unspecified atom stereocenters. The zero-order chi connectivity index (χ0) is 15.8. The van der Waals surface area contributed by atoms with Crippen molar-refractivity contribution in [2.75, 3.05) is 19.7 Å². The minimum atomic E-state index is -3.92. The second-order valence-corrected chi connectivity index (χ2v) is 7.49. The Morgan fingerprint density at radius 1 is 1.33 bits per heavy atom. The van der Waals surface area contributed by atoms with Crippen molar-refractivity contribution in [1.82, 2.24) is 4.31 Å². The van der Waals surface area contributed by atoms with Crippen molar-refractivity contribution < 1.29 is 23.4 Å². The maximum absolute atomic E-state index is 12.5. The molecule has 21 heavy (non-hydrogen) atoms. The number of carboxylic acids is 1. The minimum absolute atomic E-state index is 0.0965. The lowest BCUT2D eigenvalue weighted by molar-refractivity contribution is 0.0697. The van der Waals surface area contributed by atoms with Crippen LogP contribution in [0.15, 0.2) is 17.0 Å². The fourth-order valence-electron chi connectivity index (χ4n) is 2.19. The van der Waals surface area contributed by atoms with E-state index in [1.165, 1.54) is 4.31 Å². The van der Waals surface area contributed by atoms with E-state index in [-0.39, 0.29) is 46.1 Å². The van der Waals surface area contributed by atoms with Gasteiger partial charge in [0.1, 0.15) is 4.90 Å². The summed E-state index contributed by atoms with van der Waals surface area (Å²) in [6.07, 6.45) is 0.548. The lowest BCUT2D eigenvalue weighted by atomic mass is 10.1. The Balaban J connectivity index is 2.45. The van der Waals surface area contributed by atoms with Crippen molar-refractivity contribution in [2.45, 2.75) is 11.3 Å². The molecule has 1 saturated heterocycles. The van der Waals surface area contributed by atoms with Crippen molar-refractivity contribution in [3.05, 3.63) is 27.7 Å². The Labute approximate surface area is 131 Å². The Kier molecular flexibility index (Phi) is 4.79. The van der Waals surface area contributed by atoms with Crippen LogP contribution in [0.5, 0.6) is 0 Å². The maximum atomic E-state index is 12.5. The van der Waals surface area contributed by atoms with E-state index >= 15 is 0 Å². The quantitative estimate of drug-likeness (QED) is 0.858. The highest BCUT2D eigenvalue weighted by Crippen LogP contribution is 2.32. The van der Waals surface area contributed by atoms with Crippen LogP contribution in [-0.4, -0.2) is 48.6 Å². The first-order chi connectivity index (χ1) is 9.77. The summed E-state index contributed by atoms with van der Waals surface area (Å²) < 4.78 is 26.2. The Morgan fingerprint density at radius 2 is 2.00 bits per heavy atom. The van der Waals surface area contributed by atoms with Gasteiger partial charge in [-0.3, -0.25) is 0 Å². The molecule has 1 fully saturated rings. The average Bonchev–Trinajstić information content (AvgIpc) is 2.87. The lowest BCUT2D eigenvalue weighted by Gasteiger charge is -2.18. The number of nitrogens with zero attached hydrogens (tertiary/aromatic N) is 1. The van der Waals surface area contributed by atoms with Crippen LogP contribution in [0.1, 0.15) is 16.8 Å². The standard InChI is InChI=1S/C12H13Cl2NO5S/c13-9-4-10(14)11(3-8(9)12(17)18)21(19,20)15-2-1-7(5-15)6-16/h3-4,7,16H,1-2,5-6H2,(H,17,18). The summed E-state index contributed by atoms with van der Waals surface area (Å²) in [5.41, 5.74) is -0.322. The van der Waals surface area contributed by atoms with Crippen molar-refractivity contribution in [3.8, 4) is 0 Å². The smallest absolute Gasteiger partial charge is 0.337 e. The third-order valence-electron chi connectivity index (χ3n) is 3.38. The van der Waals surface area contributed by atoms with E-state index < -0.39 is 16.0 Å². The minimum Gasteiger partial charge on any atom is -0.478 e. The summed E-state index contributed by atoms with van der Waals surface area (Å²) in [6, 6.07) is 2.08. The van der Waals surface area contributed by atoms with Gasteiger partial charge in [-0.15, -0.1) is 0 Å². The number of aromatic carboxylic acids is 1. The summed E-state index contributed by atoms with van der Waals surface area (Å²) in [4.78, 5) is 10.8. The fraction of sp³-hybridized carbons (Fsp3) is 0.417. The molecule has 0 bridgehead atoms. The number of carbonyl (C=O) groups is 1. The number of hydrogen-bond acceptors (Lipinski definition) is 4. The maximum Gasteiger partial charge on any atom is 0.337 e. The van der Waals surface area contributed by atoms with Gasteiger partial charge < -0.3 is 10.2 Å². The summed E-state index contributed by atoms with van der Waals surface area (Å²) in [5.74, 6) is -1.45. The van der Waals surface area contributed by atoms with Crippen LogP contribution in [0.4, 0.5) is 0 Å². The van der Waals surface area contributed by atoms with Gasteiger partial charge in [-0.1, -0.05) is 23.2 Å². The van der Waals surface area contributed by atoms with Gasteiger partial charge >= 0.3 is 5.97 Å². The summed E-state index contributed by atoms with van der Waals surface area (Å²) in [5, 5.41) is 17.9. The highest BCUT2D eigenvalue weighted by atomic mass is 35.5. The third-order valence-corrected chi connectivity index (χ3v) is 6.02. The molecule has 6 nitrogen and oxygen atoms in total. The van der Waals surface area contributed by atoms with Crippen LogP contribution in [0.2, 0.25) is 10.0 Å². The van der Waals surface area contributed by atoms with Crippen molar-refractivity contribution in [1.29, 1.82) is 0 Å². The molecule has 9 heteroatoms. The number of carboxylic acid groups (broad SMARTS) is 1. The average molecular weight is 354 g/mol. The van der Waals surface area contributed by atoms with Gasteiger partial charge in [0.25, 0.3) is 0 Å². The third kappa shape index (κ3) is 3.17. The van der Waals surface area contributed by atoms with Crippen LogP contribution < -0.4 is 0 Å². The van der Waals surface area contributed by atoms with E-state index in [4.69, 9.17) is 33.4 Å². The molecule has 0 radical (unpaired) electrons. The molecular formula is C12H13Cl2NO5S. The van der Waals surface area contributed by atoms with Gasteiger partial charge in [0.2, 0.25) is 10.0 Å². The Bertz CT molecular complexity index is 676. The van der Waals surface area contributed by atoms with E-state index in [1.807, 2.05) is 0 Å². The first-order valence-electron chi connectivity index (χ1n) is 6.10. The molecule has 0 aromatic heterocycles. The van der Waals surface area contributed by atoms with E-state index in [0.29, 0.717) is 6.42 Å². The first kappa shape index (κ1) is 16.5. The number of hydrogen-bond donors (Lipinski definition) is 2. The van der Waals surface area contributed by atoms with Crippen LogP contribution in [0, 0.1) is 5.92 Å². The van der Waals surface area contributed by atoms with Gasteiger partial charge in [0.05, 0.1) is 15.6 Å². The van der Waals surface area contributed by atoms with Crippen LogP contribution in [-0.2, 0) is 10.0 Å². The van der Waals surface area contributed by atoms with Gasteiger partial charge in [-0.05, 0) is 24.5 Å². The SMILES string of the molecule is O=C(O)c1cc(S(=O)(=O)N2CCC(CO)C2)c(Cl)cc1Cl. The molecular weight excluding hydrogens is 341 g/mol. The lowest BCUT2D eigenvalue weighted by Crippen LogP contribution is -2.29. The normalized spacial score (nSPS) is 19.9. The largest absolute Gasteiger partial charge is 0.478 e. The van der Waals surface area contributed by atoms with Gasteiger partial charge in [-0.25, -0.2) is 13.2 Å². The van der Waals surface area contributed by atoms with Crippen LogP contribution in [0.25, 0.3) is 0 Å². The van der Waals surface area contributed by atoms with Gasteiger partial charge in [-0.2, -0.15) is 4.31 Å². The van der Waals surface area contributed by atoms with Crippen LogP contribution >= 0.6 is 23.2 Å². The molecule has 1 aliphatic rings. The van der Waals surface area contributed by atoms with Crippen molar-refractivity contribution in [2.24, 2.45) is 5.92 Å². The predicted molar refractivity (Wildman–Crippen MR) is 77.4 cm³/mol. The summed E-state index contributed by atoms with van der Waals surface area (Å²) in [7, 11) is -3.92. The molecule has 0 aliphatic carbocycles. The highest BCUT2D eigenvalue weighted by molar-refractivity contribution is 7.89. The zero-order valence-electron chi connectivity index (χ0n) is 10.8. The molecule has 1 atom stereocenters. The molecule has 2 N–H and O–H groups in total. The van der Waals surface area contributed by atoms with E-state index in [1.54, 1.807) is 0 Å². The molecule has 2 rings (SSSR count). The summed E-state index contributed by atoms with van der Waals surface area (Å²) >= 11 is 11.7. The Hall–Kier alpha value is -0.860. The van der Waals surface area contributed by atoms with Gasteiger partial charge in [0.15, 0.2) is 0 Å². The van der Waals surface area contributed by atoms with Gasteiger partial charge in [0, 0.05) is 19.7 Å². The molecule has 0 amide bonds. The molecule has 116 valence electrons. The monoisotopic (exact) mass is 353 g/mol. The predicted octanol–water partition coefficient (Wildman–Crippen LogP) is 1.69. The number of sulfonamides is 1. The number of rotatable bonds is 4. The van der Waals surface area contributed by atoms with E-state index in [9.17, 15) is 13.2 Å². The number of aliphatic hydroxyl groups excluding tert-OH is 1. The molecule has 1 aliphatic heterocycles. The summed E-state index contributed by atoms with van der Waals surface area (Å²) in [6.45, 7) is 0.343. The Morgan fingerprint density at radius 3 is 2.52 bits per heavy atom. The second-order valence-electron chi connectivity index (χ2n) is 4.77. The molecule has 1 aromatic carbocycles. The molecule has 0 saturated carbocycles. The zero-order valence-corrected chi connectivity index (χ0v) is 13.1. The topological polar surface area (TPSA) is 94.9 Å². The number of aliphatic hydroxyl groups is 1. The highest BCUT2D eigenvalue weighted by Gasteiger charge is 2.34. The number of benzene rings is 1. The molecule has 1 heterocycles. The van der Waals surface area contributed by atoms with E-state index in [2.05, 4.69) is 0 Å². The van der Waals surface area contributed by atoms with Crippen molar-refractivity contribution >= 4 is 39.2 Å². The van der Waals surface area contributed by atoms with E-state index in [0.717, 1.165) is 12.1 Å². The molecule has 1 aromatic rings. The molecule has 0 spiro atoms.